The number of hydrogen-bond donors (Lipinski definition) is 2. The number of carbonyl (C=O) groups is 1. The topological polar surface area (TPSA) is 68.0 Å². The lowest BCUT2D eigenvalue weighted by Gasteiger charge is -2.18. The van der Waals surface area contributed by atoms with E-state index in [9.17, 15) is 4.79 Å². The second-order valence-corrected chi connectivity index (χ2v) is 4.52. The summed E-state index contributed by atoms with van der Waals surface area (Å²) in [6.07, 6.45) is 2.38. The number of aromatic nitrogens is 1. The molecule has 1 unspecified atom stereocenters. The third kappa shape index (κ3) is 3.23. The maximum Gasteiger partial charge on any atom is 0.207 e. The highest BCUT2D eigenvalue weighted by Gasteiger charge is 2.18. The molecule has 1 aromatic carbocycles. The fraction of sp³-hybridized carbons (Fsp3) is 0.143. The number of carbonyl (C=O) groups excluding carboxylic acids is 1. The van der Waals surface area contributed by atoms with Crippen molar-refractivity contribution in [2.75, 3.05) is 12.3 Å². The first-order valence-electron chi connectivity index (χ1n) is 5.85. The molecule has 98 valence electrons. The van der Waals surface area contributed by atoms with Gasteiger partial charge in [-0.05, 0) is 29.8 Å². The molecule has 2 aromatic rings. The molecule has 0 fully saturated rings. The zero-order valence-electron chi connectivity index (χ0n) is 10.2. The van der Waals surface area contributed by atoms with Crippen molar-refractivity contribution in [2.45, 2.75) is 5.92 Å². The van der Waals surface area contributed by atoms with Gasteiger partial charge in [0, 0.05) is 35.1 Å². The van der Waals surface area contributed by atoms with Gasteiger partial charge in [0.15, 0.2) is 0 Å². The van der Waals surface area contributed by atoms with E-state index < -0.39 is 0 Å². The van der Waals surface area contributed by atoms with Crippen molar-refractivity contribution in [2.24, 2.45) is 0 Å². The summed E-state index contributed by atoms with van der Waals surface area (Å²) >= 11 is 6.23. The summed E-state index contributed by atoms with van der Waals surface area (Å²) in [5.74, 6) is -0.0977. The summed E-state index contributed by atoms with van der Waals surface area (Å²) in [7, 11) is 0. The van der Waals surface area contributed by atoms with Crippen LogP contribution in [0.3, 0.4) is 0 Å². The predicted octanol–water partition coefficient (Wildman–Crippen LogP) is 2.20. The number of nitrogen functional groups attached to an aromatic ring is 1. The van der Waals surface area contributed by atoms with E-state index in [2.05, 4.69) is 10.3 Å². The summed E-state index contributed by atoms with van der Waals surface area (Å²) in [6, 6.07) is 11.0. The minimum atomic E-state index is -0.0977. The standard InChI is InChI=1S/C14H14ClN3O/c15-13-7-10(16)4-5-11(13)12(8-17-9-19)14-3-1-2-6-18-14/h1-7,9,12H,8,16H2,(H,17,19). The van der Waals surface area contributed by atoms with Crippen LogP contribution in [0.2, 0.25) is 5.02 Å². The number of hydrogen-bond acceptors (Lipinski definition) is 3. The van der Waals surface area contributed by atoms with E-state index >= 15 is 0 Å². The van der Waals surface area contributed by atoms with Crippen LogP contribution < -0.4 is 11.1 Å². The van der Waals surface area contributed by atoms with Crippen LogP contribution in [0.15, 0.2) is 42.6 Å². The Bertz CT molecular complexity index is 560. The smallest absolute Gasteiger partial charge is 0.207 e. The second-order valence-electron chi connectivity index (χ2n) is 4.11. The Labute approximate surface area is 116 Å². The zero-order valence-corrected chi connectivity index (χ0v) is 11.0. The van der Waals surface area contributed by atoms with Crippen molar-refractivity contribution in [3.8, 4) is 0 Å². The fourth-order valence-electron chi connectivity index (χ4n) is 1.95. The van der Waals surface area contributed by atoms with E-state index in [1.807, 2.05) is 24.3 Å². The molecule has 5 heteroatoms. The number of benzene rings is 1. The molecule has 0 saturated heterocycles. The van der Waals surface area contributed by atoms with Gasteiger partial charge in [-0.15, -0.1) is 0 Å². The molecule has 1 aromatic heterocycles. The highest BCUT2D eigenvalue weighted by molar-refractivity contribution is 6.31. The van der Waals surface area contributed by atoms with Gasteiger partial charge in [0.2, 0.25) is 6.41 Å². The van der Waals surface area contributed by atoms with E-state index in [1.165, 1.54) is 0 Å². The summed E-state index contributed by atoms with van der Waals surface area (Å²) in [5, 5.41) is 3.25. The van der Waals surface area contributed by atoms with Crippen molar-refractivity contribution >= 4 is 23.7 Å². The number of nitrogens with one attached hydrogen (secondary N) is 1. The maximum atomic E-state index is 10.5. The van der Waals surface area contributed by atoms with Crippen LogP contribution >= 0.6 is 11.6 Å². The molecule has 0 spiro atoms. The fourth-order valence-corrected chi connectivity index (χ4v) is 2.27. The Hall–Kier alpha value is -2.07. The van der Waals surface area contributed by atoms with Gasteiger partial charge >= 0.3 is 0 Å². The summed E-state index contributed by atoms with van der Waals surface area (Å²) in [5.41, 5.74) is 8.05. The molecule has 0 radical (unpaired) electrons. The van der Waals surface area contributed by atoms with Gasteiger partial charge in [0.25, 0.3) is 0 Å². The number of pyridine rings is 1. The van der Waals surface area contributed by atoms with E-state index in [0.717, 1.165) is 11.3 Å². The van der Waals surface area contributed by atoms with Gasteiger partial charge in [-0.3, -0.25) is 9.78 Å². The molecule has 4 nitrogen and oxygen atoms in total. The van der Waals surface area contributed by atoms with E-state index in [-0.39, 0.29) is 5.92 Å². The van der Waals surface area contributed by atoms with Gasteiger partial charge in [0.1, 0.15) is 0 Å². The van der Waals surface area contributed by atoms with Crippen LogP contribution in [0.4, 0.5) is 5.69 Å². The molecule has 1 amide bonds. The predicted molar refractivity (Wildman–Crippen MR) is 76.0 cm³/mol. The second kappa shape index (κ2) is 6.20. The average Bonchev–Trinajstić information content (AvgIpc) is 2.42. The Morgan fingerprint density at radius 1 is 1.37 bits per heavy atom. The van der Waals surface area contributed by atoms with Gasteiger partial charge in [-0.25, -0.2) is 0 Å². The van der Waals surface area contributed by atoms with Crippen LogP contribution in [0, 0.1) is 0 Å². The third-order valence-corrected chi connectivity index (χ3v) is 3.18. The lowest BCUT2D eigenvalue weighted by molar-refractivity contribution is -0.109. The number of rotatable bonds is 5. The van der Waals surface area contributed by atoms with Gasteiger partial charge in [0.05, 0.1) is 0 Å². The van der Waals surface area contributed by atoms with E-state index in [0.29, 0.717) is 23.7 Å². The van der Waals surface area contributed by atoms with Crippen LogP contribution in [0.1, 0.15) is 17.2 Å². The molecule has 0 aliphatic heterocycles. The molecule has 0 aliphatic rings. The van der Waals surface area contributed by atoms with Crippen LogP contribution in [0.25, 0.3) is 0 Å². The van der Waals surface area contributed by atoms with Crippen molar-refractivity contribution in [1.82, 2.24) is 10.3 Å². The Kier molecular flexibility index (Phi) is 4.36. The van der Waals surface area contributed by atoms with Crippen LogP contribution in [-0.4, -0.2) is 17.9 Å². The molecule has 19 heavy (non-hydrogen) atoms. The quantitative estimate of drug-likeness (QED) is 0.649. The highest BCUT2D eigenvalue weighted by Crippen LogP contribution is 2.30. The van der Waals surface area contributed by atoms with Crippen molar-refractivity contribution < 1.29 is 4.79 Å². The van der Waals surface area contributed by atoms with E-state index in [4.69, 9.17) is 17.3 Å². The first-order chi connectivity index (χ1) is 9.22. The lowest BCUT2D eigenvalue weighted by atomic mass is 9.94. The Morgan fingerprint density at radius 2 is 2.21 bits per heavy atom. The van der Waals surface area contributed by atoms with Gasteiger partial charge < -0.3 is 11.1 Å². The largest absolute Gasteiger partial charge is 0.399 e. The number of amides is 1. The van der Waals surface area contributed by atoms with Crippen LogP contribution in [0.5, 0.6) is 0 Å². The molecule has 0 aliphatic carbocycles. The maximum absolute atomic E-state index is 10.5. The minimum Gasteiger partial charge on any atom is -0.399 e. The average molecular weight is 276 g/mol. The Morgan fingerprint density at radius 3 is 2.84 bits per heavy atom. The minimum absolute atomic E-state index is 0.0977. The molecule has 1 atom stereocenters. The van der Waals surface area contributed by atoms with E-state index in [1.54, 1.807) is 18.3 Å². The first kappa shape index (κ1) is 13.4. The van der Waals surface area contributed by atoms with Crippen molar-refractivity contribution in [1.29, 1.82) is 0 Å². The first-order valence-corrected chi connectivity index (χ1v) is 6.23. The molecular formula is C14H14ClN3O. The summed E-state index contributed by atoms with van der Waals surface area (Å²) < 4.78 is 0. The zero-order chi connectivity index (χ0) is 13.7. The summed E-state index contributed by atoms with van der Waals surface area (Å²) in [4.78, 5) is 14.9. The monoisotopic (exact) mass is 275 g/mol. The van der Waals surface area contributed by atoms with Crippen molar-refractivity contribution in [3.05, 3.63) is 58.9 Å². The number of nitrogens with two attached hydrogens (primary N) is 1. The van der Waals surface area contributed by atoms with Crippen molar-refractivity contribution in [3.63, 3.8) is 0 Å². The third-order valence-electron chi connectivity index (χ3n) is 2.85. The molecule has 1 heterocycles. The van der Waals surface area contributed by atoms with Crippen LogP contribution in [-0.2, 0) is 4.79 Å². The normalized spacial score (nSPS) is 11.8. The summed E-state index contributed by atoms with van der Waals surface area (Å²) in [6.45, 7) is 0.435. The lowest BCUT2D eigenvalue weighted by Crippen LogP contribution is -2.21. The molecule has 0 saturated carbocycles. The number of nitrogens with zero attached hydrogens (tertiary/aromatic N) is 1. The number of halogens is 1. The number of anilines is 1. The van der Waals surface area contributed by atoms with Gasteiger partial charge in [-0.1, -0.05) is 23.7 Å². The van der Waals surface area contributed by atoms with Gasteiger partial charge in [-0.2, -0.15) is 0 Å². The highest BCUT2D eigenvalue weighted by atomic mass is 35.5. The Balaban J connectivity index is 2.39. The molecular weight excluding hydrogens is 262 g/mol. The molecule has 0 bridgehead atoms. The SMILES string of the molecule is Nc1ccc(C(CNC=O)c2ccccn2)c(Cl)c1. The molecule has 3 N–H and O–H groups in total. The molecule has 2 rings (SSSR count).